The molecule has 0 bridgehead atoms. The maximum Gasteiger partial charge on any atom is 0.0678 e. The van der Waals surface area contributed by atoms with E-state index in [1.807, 2.05) is 61.6 Å². The molecule has 0 saturated carbocycles. The van der Waals surface area contributed by atoms with Crippen molar-refractivity contribution < 1.29 is 0 Å². The van der Waals surface area contributed by atoms with Gasteiger partial charge in [-0.1, -0.05) is 61.2 Å². The van der Waals surface area contributed by atoms with Crippen molar-refractivity contribution in [3.8, 4) is 0 Å². The molecule has 1 aromatic rings. The SMILES string of the molecule is C=C(/C=C\C=C/C)C(=N)c1ccccc1. The highest BCUT2D eigenvalue weighted by Crippen LogP contribution is 2.07. The Morgan fingerprint density at radius 2 is 1.87 bits per heavy atom. The van der Waals surface area contributed by atoms with Crippen LogP contribution in [0, 0.1) is 5.41 Å². The van der Waals surface area contributed by atoms with Gasteiger partial charge in [0.1, 0.15) is 0 Å². The molecule has 0 amide bonds. The summed E-state index contributed by atoms with van der Waals surface area (Å²) in [6, 6.07) is 9.61. The molecule has 0 atom stereocenters. The molecule has 1 N–H and O–H groups in total. The minimum Gasteiger partial charge on any atom is -0.300 e. The lowest BCUT2D eigenvalue weighted by Crippen LogP contribution is -1.99. The summed E-state index contributed by atoms with van der Waals surface area (Å²) in [7, 11) is 0. The zero-order chi connectivity index (χ0) is 11.1. The monoisotopic (exact) mass is 197 g/mol. The van der Waals surface area contributed by atoms with Gasteiger partial charge in [-0.25, -0.2) is 0 Å². The van der Waals surface area contributed by atoms with Gasteiger partial charge in [-0.2, -0.15) is 0 Å². The third-order valence-corrected chi connectivity index (χ3v) is 1.98. The predicted molar refractivity (Wildman–Crippen MR) is 66.4 cm³/mol. The molecule has 0 fully saturated rings. The van der Waals surface area contributed by atoms with Crippen molar-refractivity contribution in [3.05, 3.63) is 72.4 Å². The van der Waals surface area contributed by atoms with Crippen molar-refractivity contribution in [2.45, 2.75) is 6.92 Å². The number of rotatable bonds is 4. The molecule has 76 valence electrons. The molecule has 0 saturated heterocycles. The first-order valence-corrected chi connectivity index (χ1v) is 4.88. The van der Waals surface area contributed by atoms with Gasteiger partial charge < -0.3 is 0 Å². The highest BCUT2D eigenvalue weighted by Gasteiger charge is 2.00. The first-order valence-electron chi connectivity index (χ1n) is 4.88. The van der Waals surface area contributed by atoms with Crippen LogP contribution in [0.5, 0.6) is 0 Å². The maximum atomic E-state index is 7.90. The fourth-order valence-electron chi connectivity index (χ4n) is 1.16. The number of benzene rings is 1. The molecule has 15 heavy (non-hydrogen) atoms. The van der Waals surface area contributed by atoms with E-state index in [0.717, 1.165) is 11.1 Å². The molecular formula is C14H15N. The van der Waals surface area contributed by atoms with Gasteiger partial charge in [-0.3, -0.25) is 5.41 Å². The molecule has 1 nitrogen and oxygen atoms in total. The zero-order valence-electron chi connectivity index (χ0n) is 8.90. The van der Waals surface area contributed by atoms with E-state index in [-0.39, 0.29) is 0 Å². The quantitative estimate of drug-likeness (QED) is 0.561. The molecule has 1 rings (SSSR count). The molecule has 1 heteroatoms. The summed E-state index contributed by atoms with van der Waals surface area (Å²) in [4.78, 5) is 0. The van der Waals surface area contributed by atoms with E-state index in [2.05, 4.69) is 6.58 Å². The van der Waals surface area contributed by atoms with E-state index < -0.39 is 0 Å². The number of allylic oxidation sites excluding steroid dienone is 5. The molecule has 0 heterocycles. The van der Waals surface area contributed by atoms with Gasteiger partial charge in [-0.15, -0.1) is 0 Å². The van der Waals surface area contributed by atoms with E-state index in [1.54, 1.807) is 0 Å². The average molecular weight is 197 g/mol. The zero-order valence-corrected chi connectivity index (χ0v) is 8.90. The van der Waals surface area contributed by atoms with Crippen molar-refractivity contribution >= 4 is 5.71 Å². The summed E-state index contributed by atoms with van der Waals surface area (Å²) < 4.78 is 0. The third-order valence-electron chi connectivity index (χ3n) is 1.98. The van der Waals surface area contributed by atoms with E-state index >= 15 is 0 Å². The van der Waals surface area contributed by atoms with Crippen LogP contribution < -0.4 is 0 Å². The van der Waals surface area contributed by atoms with Crippen LogP contribution in [0.1, 0.15) is 12.5 Å². The number of nitrogens with one attached hydrogen (secondary N) is 1. The van der Waals surface area contributed by atoms with Gasteiger partial charge in [0, 0.05) is 0 Å². The summed E-state index contributed by atoms with van der Waals surface area (Å²) >= 11 is 0. The number of hydrogen-bond donors (Lipinski definition) is 1. The maximum absolute atomic E-state index is 7.90. The van der Waals surface area contributed by atoms with Gasteiger partial charge in [0.2, 0.25) is 0 Å². The van der Waals surface area contributed by atoms with Crippen molar-refractivity contribution in [3.63, 3.8) is 0 Å². The lowest BCUT2D eigenvalue weighted by molar-refractivity contribution is 1.47. The van der Waals surface area contributed by atoms with Crippen molar-refractivity contribution in [2.75, 3.05) is 0 Å². The van der Waals surface area contributed by atoms with Crippen LogP contribution >= 0.6 is 0 Å². The van der Waals surface area contributed by atoms with Crippen LogP contribution in [-0.4, -0.2) is 5.71 Å². The molecule has 0 radical (unpaired) electrons. The smallest absolute Gasteiger partial charge is 0.0678 e. The van der Waals surface area contributed by atoms with Crippen LogP contribution in [0.3, 0.4) is 0 Å². The van der Waals surface area contributed by atoms with Gasteiger partial charge in [0.25, 0.3) is 0 Å². The Bertz CT molecular complexity index is 397. The largest absolute Gasteiger partial charge is 0.300 e. The molecule has 0 aromatic heterocycles. The summed E-state index contributed by atoms with van der Waals surface area (Å²) in [5.41, 5.74) is 2.09. The molecule has 0 spiro atoms. The normalized spacial score (nSPS) is 11.0. The Kier molecular flexibility index (Phi) is 4.30. The minimum atomic E-state index is 0.469. The predicted octanol–water partition coefficient (Wildman–Crippen LogP) is 3.74. The summed E-state index contributed by atoms with van der Waals surface area (Å²) in [5.74, 6) is 0. The molecular weight excluding hydrogens is 182 g/mol. The van der Waals surface area contributed by atoms with E-state index in [0.29, 0.717) is 5.71 Å². The molecule has 0 aliphatic heterocycles. The van der Waals surface area contributed by atoms with Crippen LogP contribution in [0.25, 0.3) is 0 Å². The molecule has 0 aliphatic carbocycles. The lowest BCUT2D eigenvalue weighted by Gasteiger charge is -2.02. The second kappa shape index (κ2) is 5.76. The minimum absolute atomic E-state index is 0.469. The Morgan fingerprint density at radius 3 is 2.47 bits per heavy atom. The first kappa shape index (κ1) is 11.2. The van der Waals surface area contributed by atoms with Crippen LogP contribution in [-0.2, 0) is 0 Å². The Balaban J connectivity index is 2.74. The van der Waals surface area contributed by atoms with Crippen LogP contribution in [0.4, 0.5) is 0 Å². The highest BCUT2D eigenvalue weighted by molar-refractivity contribution is 6.11. The van der Waals surface area contributed by atoms with Crippen LogP contribution in [0.2, 0.25) is 0 Å². The fourth-order valence-corrected chi connectivity index (χ4v) is 1.16. The second-order valence-electron chi connectivity index (χ2n) is 3.15. The molecule has 1 aromatic carbocycles. The Labute approximate surface area is 91.0 Å². The van der Waals surface area contributed by atoms with E-state index in [1.165, 1.54) is 0 Å². The summed E-state index contributed by atoms with van der Waals surface area (Å²) in [6.45, 7) is 5.81. The summed E-state index contributed by atoms with van der Waals surface area (Å²) in [6.07, 6.45) is 7.59. The van der Waals surface area contributed by atoms with Crippen LogP contribution in [0.15, 0.2) is 66.8 Å². The van der Waals surface area contributed by atoms with Crippen molar-refractivity contribution in [2.24, 2.45) is 0 Å². The first-order chi connectivity index (χ1) is 7.25. The van der Waals surface area contributed by atoms with Crippen molar-refractivity contribution in [1.82, 2.24) is 0 Å². The standard InChI is InChI=1S/C14H15N/c1-3-4-6-9-12(2)14(15)13-10-7-5-8-11-13/h3-11,15H,2H2,1H3/b4-3-,9-6-,15-14?. The second-order valence-corrected chi connectivity index (χ2v) is 3.15. The van der Waals surface area contributed by atoms with E-state index in [9.17, 15) is 0 Å². The fraction of sp³-hybridized carbons (Fsp3) is 0.0714. The lowest BCUT2D eigenvalue weighted by atomic mass is 10.0. The highest BCUT2D eigenvalue weighted by atomic mass is 14.4. The Morgan fingerprint density at radius 1 is 1.20 bits per heavy atom. The average Bonchev–Trinajstić information content (AvgIpc) is 2.29. The molecule has 0 unspecified atom stereocenters. The number of hydrogen-bond acceptors (Lipinski definition) is 1. The Hall–Kier alpha value is -1.89. The molecule has 0 aliphatic rings. The van der Waals surface area contributed by atoms with Crippen molar-refractivity contribution in [1.29, 1.82) is 5.41 Å². The van der Waals surface area contributed by atoms with Gasteiger partial charge in [-0.05, 0) is 18.1 Å². The van der Waals surface area contributed by atoms with E-state index in [4.69, 9.17) is 5.41 Å². The summed E-state index contributed by atoms with van der Waals surface area (Å²) in [5, 5.41) is 7.90. The van der Waals surface area contributed by atoms with Gasteiger partial charge in [0.05, 0.1) is 5.71 Å². The van der Waals surface area contributed by atoms with Gasteiger partial charge in [0.15, 0.2) is 0 Å². The topological polar surface area (TPSA) is 23.9 Å². The third kappa shape index (κ3) is 3.39. The van der Waals surface area contributed by atoms with Gasteiger partial charge >= 0.3 is 0 Å².